The zero-order chi connectivity index (χ0) is 14.5. The van der Waals surface area contributed by atoms with E-state index in [0.717, 1.165) is 34.9 Å². The fraction of sp³-hybridized carbons (Fsp3) is 0.556. The summed E-state index contributed by atoms with van der Waals surface area (Å²) in [5.74, 6) is 3.72. The smallest absolute Gasteiger partial charge is 0.115 e. The molecule has 4 saturated carbocycles. The first-order valence-corrected chi connectivity index (χ1v) is 8.59. The molecule has 1 N–H and O–H groups in total. The van der Waals surface area contributed by atoms with Crippen molar-refractivity contribution in [3.8, 4) is 11.3 Å². The van der Waals surface area contributed by atoms with E-state index < -0.39 is 0 Å². The molecule has 2 aromatic rings. The lowest BCUT2D eigenvalue weighted by atomic mass is 9.54. The summed E-state index contributed by atoms with van der Waals surface area (Å²) in [6.07, 6.45) is 9.22. The summed E-state index contributed by atoms with van der Waals surface area (Å²) in [5, 5.41) is 8.62. The molecule has 114 valence electrons. The van der Waals surface area contributed by atoms with Crippen LogP contribution in [0.3, 0.4) is 0 Å². The zero-order valence-corrected chi connectivity index (χ0v) is 12.7. The first-order valence-electron chi connectivity index (χ1n) is 8.59. The summed E-state index contributed by atoms with van der Waals surface area (Å²) in [7, 11) is 0. The normalized spacial score (nSPS) is 35.7. The molecule has 4 fully saturated rings. The summed E-state index contributed by atoms with van der Waals surface area (Å²) >= 11 is 0. The number of nitrogens with zero attached hydrogens (tertiary/aromatic N) is 3. The first kappa shape index (κ1) is 12.7. The molecule has 0 saturated heterocycles. The van der Waals surface area contributed by atoms with E-state index >= 15 is 0 Å². The van der Waals surface area contributed by atoms with E-state index in [2.05, 4.69) is 27.9 Å². The molecule has 6 rings (SSSR count). The van der Waals surface area contributed by atoms with Crippen LogP contribution in [0.15, 0.2) is 36.5 Å². The van der Waals surface area contributed by atoms with Gasteiger partial charge < -0.3 is 5.43 Å². The van der Waals surface area contributed by atoms with Gasteiger partial charge in [-0.15, -0.1) is 5.10 Å². The Balaban J connectivity index is 1.35. The fourth-order valence-corrected chi connectivity index (χ4v) is 5.36. The minimum Gasteiger partial charge on any atom is -0.305 e. The molecule has 1 heterocycles. The molecule has 0 amide bonds. The van der Waals surface area contributed by atoms with Gasteiger partial charge in [0.15, 0.2) is 0 Å². The Hall–Kier alpha value is -1.84. The van der Waals surface area contributed by atoms with E-state index in [-0.39, 0.29) is 0 Å². The van der Waals surface area contributed by atoms with Crippen molar-refractivity contribution < 1.29 is 0 Å². The molecule has 1 aromatic carbocycles. The van der Waals surface area contributed by atoms with Crippen LogP contribution in [0.1, 0.15) is 32.1 Å². The van der Waals surface area contributed by atoms with Crippen LogP contribution < -0.4 is 5.43 Å². The lowest BCUT2D eigenvalue weighted by molar-refractivity contribution is 0.00274. The summed E-state index contributed by atoms with van der Waals surface area (Å²) in [4.78, 5) is 1.86. The van der Waals surface area contributed by atoms with Crippen molar-refractivity contribution in [3.05, 3.63) is 36.5 Å². The first-order chi connectivity index (χ1) is 10.8. The van der Waals surface area contributed by atoms with E-state index in [1.54, 1.807) is 0 Å². The van der Waals surface area contributed by atoms with Crippen LogP contribution in [0.25, 0.3) is 11.3 Å². The maximum atomic E-state index is 4.32. The molecule has 4 aliphatic rings. The second kappa shape index (κ2) is 4.83. The van der Waals surface area contributed by atoms with Crippen LogP contribution in [-0.2, 0) is 0 Å². The predicted octanol–water partition coefficient (Wildman–Crippen LogP) is 3.31. The molecular weight excluding hydrogens is 272 g/mol. The minimum absolute atomic E-state index is 0.595. The molecule has 4 heteroatoms. The highest BCUT2D eigenvalue weighted by Crippen LogP contribution is 2.53. The van der Waals surface area contributed by atoms with E-state index in [4.69, 9.17) is 0 Å². The average molecular weight is 294 g/mol. The van der Waals surface area contributed by atoms with Gasteiger partial charge in [-0.3, -0.25) is 0 Å². The van der Waals surface area contributed by atoms with Gasteiger partial charge in [-0.2, -0.15) is 4.79 Å². The van der Waals surface area contributed by atoms with Crippen molar-refractivity contribution in [2.75, 3.05) is 5.43 Å². The third-order valence-corrected chi connectivity index (χ3v) is 6.07. The number of hydrogen-bond donors (Lipinski definition) is 1. The van der Waals surface area contributed by atoms with Gasteiger partial charge >= 0.3 is 0 Å². The SMILES string of the molecule is c1ccc(-c2cn(NC3C4CC5CC(C4)CC3C5)nn2)cc1. The monoisotopic (exact) mass is 294 g/mol. The van der Waals surface area contributed by atoms with Crippen molar-refractivity contribution in [2.24, 2.45) is 23.7 Å². The van der Waals surface area contributed by atoms with Gasteiger partial charge in [0.1, 0.15) is 5.69 Å². The van der Waals surface area contributed by atoms with Crippen molar-refractivity contribution in [1.82, 2.24) is 15.1 Å². The van der Waals surface area contributed by atoms with Crippen molar-refractivity contribution in [1.29, 1.82) is 0 Å². The highest BCUT2D eigenvalue weighted by atomic mass is 15.6. The van der Waals surface area contributed by atoms with Gasteiger partial charge in [0.25, 0.3) is 0 Å². The molecule has 4 aliphatic carbocycles. The van der Waals surface area contributed by atoms with E-state index in [9.17, 15) is 0 Å². The number of nitrogens with one attached hydrogen (secondary N) is 1. The average Bonchev–Trinajstić information content (AvgIpc) is 3.00. The summed E-state index contributed by atoms with van der Waals surface area (Å²) in [6.45, 7) is 0. The van der Waals surface area contributed by atoms with Crippen LogP contribution >= 0.6 is 0 Å². The third-order valence-electron chi connectivity index (χ3n) is 6.07. The predicted molar refractivity (Wildman–Crippen MR) is 85.7 cm³/mol. The summed E-state index contributed by atoms with van der Waals surface area (Å²) in [5.41, 5.74) is 5.72. The van der Waals surface area contributed by atoms with Gasteiger partial charge in [-0.25, -0.2) is 0 Å². The van der Waals surface area contributed by atoms with Crippen molar-refractivity contribution in [3.63, 3.8) is 0 Å². The van der Waals surface area contributed by atoms with Crippen LogP contribution in [0.5, 0.6) is 0 Å². The molecule has 0 unspecified atom stereocenters. The molecule has 0 radical (unpaired) electrons. The van der Waals surface area contributed by atoms with Crippen molar-refractivity contribution in [2.45, 2.75) is 38.1 Å². The van der Waals surface area contributed by atoms with Gasteiger partial charge in [0, 0.05) is 11.6 Å². The Morgan fingerprint density at radius 3 is 2.27 bits per heavy atom. The quantitative estimate of drug-likeness (QED) is 0.944. The Morgan fingerprint density at radius 2 is 1.59 bits per heavy atom. The van der Waals surface area contributed by atoms with Crippen LogP contribution in [0.4, 0.5) is 0 Å². The Morgan fingerprint density at radius 1 is 0.909 bits per heavy atom. The van der Waals surface area contributed by atoms with E-state index in [1.165, 1.54) is 32.1 Å². The second-order valence-corrected chi connectivity index (χ2v) is 7.50. The summed E-state index contributed by atoms with van der Waals surface area (Å²) in [6, 6.07) is 10.9. The van der Waals surface area contributed by atoms with Crippen molar-refractivity contribution >= 4 is 0 Å². The second-order valence-electron chi connectivity index (χ2n) is 7.50. The topological polar surface area (TPSA) is 42.7 Å². The van der Waals surface area contributed by atoms with E-state index in [0.29, 0.717) is 6.04 Å². The lowest BCUT2D eigenvalue weighted by Gasteiger charge is -2.54. The fourth-order valence-electron chi connectivity index (χ4n) is 5.36. The molecule has 4 bridgehead atoms. The number of rotatable bonds is 3. The van der Waals surface area contributed by atoms with Crippen LogP contribution in [0, 0.1) is 23.7 Å². The maximum absolute atomic E-state index is 4.32. The van der Waals surface area contributed by atoms with Crippen LogP contribution in [0.2, 0.25) is 0 Å². The summed E-state index contributed by atoms with van der Waals surface area (Å²) < 4.78 is 0. The molecule has 1 aromatic heterocycles. The van der Waals surface area contributed by atoms with Crippen LogP contribution in [-0.4, -0.2) is 21.1 Å². The van der Waals surface area contributed by atoms with Gasteiger partial charge in [-0.1, -0.05) is 30.3 Å². The molecular formula is C18H22N4. The van der Waals surface area contributed by atoms with Gasteiger partial charge in [-0.05, 0) is 61.0 Å². The number of benzene rings is 1. The molecule has 0 spiro atoms. The highest BCUT2D eigenvalue weighted by molar-refractivity contribution is 5.57. The molecule has 22 heavy (non-hydrogen) atoms. The highest BCUT2D eigenvalue weighted by Gasteiger charge is 2.48. The molecule has 4 nitrogen and oxygen atoms in total. The lowest BCUT2D eigenvalue weighted by Crippen LogP contribution is -2.53. The zero-order valence-electron chi connectivity index (χ0n) is 12.7. The van der Waals surface area contributed by atoms with E-state index in [1.807, 2.05) is 29.2 Å². The Kier molecular flexibility index (Phi) is 2.79. The Bertz CT molecular complexity index is 635. The largest absolute Gasteiger partial charge is 0.305 e. The minimum atomic E-state index is 0.595. The third kappa shape index (κ3) is 2.04. The van der Waals surface area contributed by atoms with Gasteiger partial charge in [0.05, 0.1) is 6.20 Å². The Labute approximate surface area is 130 Å². The molecule has 0 aliphatic heterocycles. The molecule has 0 atom stereocenters. The standard InChI is InChI=1S/C18H22N4/c1-2-4-14(5-3-1)17-11-22(21-19-17)20-18-15-7-12-6-13(9-15)10-16(18)8-12/h1-5,11-13,15-16,18,20H,6-10H2. The maximum Gasteiger partial charge on any atom is 0.115 e. The van der Waals surface area contributed by atoms with Gasteiger partial charge in [0.2, 0.25) is 0 Å². The number of hydrogen-bond acceptors (Lipinski definition) is 3. The number of aromatic nitrogens is 3.